The molecule has 0 aliphatic carbocycles. The van der Waals surface area contributed by atoms with Gasteiger partial charge in [0.1, 0.15) is 6.04 Å². The van der Waals surface area contributed by atoms with Crippen LogP contribution in [0.5, 0.6) is 11.5 Å². The Morgan fingerprint density at radius 3 is 2.70 bits per heavy atom. The Kier molecular flexibility index (Phi) is 4.50. The Morgan fingerprint density at radius 2 is 1.91 bits per heavy atom. The van der Waals surface area contributed by atoms with Gasteiger partial charge in [0.15, 0.2) is 11.5 Å². The van der Waals surface area contributed by atoms with Crippen LogP contribution in [0.25, 0.3) is 0 Å². The van der Waals surface area contributed by atoms with Gasteiger partial charge in [0, 0.05) is 16.8 Å². The number of halogens is 2. The third-order valence-corrected chi connectivity index (χ3v) is 3.89. The minimum Gasteiger partial charge on any atom is -0.454 e. The summed E-state index contributed by atoms with van der Waals surface area (Å²) in [6.07, 6.45) is 0. The number of anilines is 2. The number of amides is 1. The number of hydrogen-bond acceptors (Lipinski definition) is 4. The molecule has 1 heterocycles. The summed E-state index contributed by atoms with van der Waals surface area (Å²) < 4.78 is 10.6. The van der Waals surface area contributed by atoms with Crippen molar-refractivity contribution in [2.24, 2.45) is 0 Å². The van der Waals surface area contributed by atoms with Crippen LogP contribution in [0.1, 0.15) is 6.92 Å². The minimum absolute atomic E-state index is 0.212. The molecule has 23 heavy (non-hydrogen) atoms. The van der Waals surface area contributed by atoms with Crippen LogP contribution in [0.2, 0.25) is 10.0 Å². The topological polar surface area (TPSA) is 59.6 Å². The first-order valence-electron chi connectivity index (χ1n) is 6.95. The van der Waals surface area contributed by atoms with Crippen LogP contribution < -0.4 is 20.1 Å². The van der Waals surface area contributed by atoms with Gasteiger partial charge in [-0.2, -0.15) is 0 Å². The fraction of sp³-hybridized carbons (Fsp3) is 0.188. The maximum absolute atomic E-state index is 12.3. The number of rotatable bonds is 4. The van der Waals surface area contributed by atoms with Crippen LogP contribution in [-0.2, 0) is 4.79 Å². The van der Waals surface area contributed by atoms with E-state index < -0.39 is 6.04 Å². The second-order valence-electron chi connectivity index (χ2n) is 5.05. The Hall–Kier alpha value is -2.11. The molecule has 3 rings (SSSR count). The van der Waals surface area contributed by atoms with Gasteiger partial charge in [-0.3, -0.25) is 4.79 Å². The monoisotopic (exact) mass is 352 g/mol. The molecule has 7 heteroatoms. The van der Waals surface area contributed by atoms with Crippen molar-refractivity contribution in [3.63, 3.8) is 0 Å². The van der Waals surface area contributed by atoms with Gasteiger partial charge in [0.05, 0.1) is 10.7 Å². The van der Waals surface area contributed by atoms with E-state index in [9.17, 15) is 4.79 Å². The first-order chi connectivity index (χ1) is 11.0. The molecule has 0 aromatic heterocycles. The van der Waals surface area contributed by atoms with E-state index in [4.69, 9.17) is 32.7 Å². The molecular weight excluding hydrogens is 339 g/mol. The van der Waals surface area contributed by atoms with E-state index in [1.54, 1.807) is 37.3 Å². The number of fused-ring (bicyclic) bond motifs is 1. The van der Waals surface area contributed by atoms with Gasteiger partial charge in [-0.1, -0.05) is 23.2 Å². The molecule has 2 aromatic carbocycles. The van der Waals surface area contributed by atoms with E-state index in [0.29, 0.717) is 27.2 Å². The maximum Gasteiger partial charge on any atom is 0.246 e. The van der Waals surface area contributed by atoms with E-state index >= 15 is 0 Å². The molecule has 0 saturated carbocycles. The van der Waals surface area contributed by atoms with Crippen LogP contribution in [0.3, 0.4) is 0 Å². The standard InChI is InChI=1S/C16H14Cl2N2O3/c1-9(16(21)20-13-4-2-10(17)6-12(13)18)19-11-3-5-14-15(7-11)23-8-22-14/h2-7,9,19H,8H2,1H3,(H,20,21)/t9-/m0/s1. The summed E-state index contributed by atoms with van der Waals surface area (Å²) in [4.78, 5) is 12.3. The lowest BCUT2D eigenvalue weighted by Crippen LogP contribution is -2.31. The third-order valence-electron chi connectivity index (χ3n) is 3.34. The number of carbonyl (C=O) groups excluding carboxylic acids is 1. The minimum atomic E-state index is -0.470. The Morgan fingerprint density at radius 1 is 1.13 bits per heavy atom. The summed E-state index contributed by atoms with van der Waals surface area (Å²) in [7, 11) is 0. The Balaban J connectivity index is 1.65. The Bertz CT molecular complexity index is 752. The largest absolute Gasteiger partial charge is 0.454 e. The molecular formula is C16H14Cl2N2O3. The number of nitrogens with one attached hydrogen (secondary N) is 2. The van der Waals surface area contributed by atoms with Crippen LogP contribution >= 0.6 is 23.2 Å². The van der Waals surface area contributed by atoms with E-state index in [2.05, 4.69) is 10.6 Å². The number of carbonyl (C=O) groups is 1. The summed E-state index contributed by atoms with van der Waals surface area (Å²) in [5.74, 6) is 1.14. The van der Waals surface area contributed by atoms with E-state index in [0.717, 1.165) is 5.69 Å². The first kappa shape index (κ1) is 15.8. The zero-order valence-corrected chi connectivity index (χ0v) is 13.7. The van der Waals surface area contributed by atoms with E-state index in [-0.39, 0.29) is 12.7 Å². The van der Waals surface area contributed by atoms with E-state index in [1.165, 1.54) is 0 Å². The van der Waals surface area contributed by atoms with Crippen molar-refractivity contribution in [2.45, 2.75) is 13.0 Å². The number of ether oxygens (including phenoxy) is 2. The number of benzene rings is 2. The zero-order valence-electron chi connectivity index (χ0n) is 12.2. The molecule has 0 radical (unpaired) electrons. The summed E-state index contributed by atoms with van der Waals surface area (Å²) in [6.45, 7) is 1.97. The quantitative estimate of drug-likeness (QED) is 0.867. The molecule has 1 aliphatic rings. The molecule has 1 aliphatic heterocycles. The summed E-state index contributed by atoms with van der Waals surface area (Å²) >= 11 is 11.9. The second kappa shape index (κ2) is 6.56. The second-order valence-corrected chi connectivity index (χ2v) is 5.89. The smallest absolute Gasteiger partial charge is 0.246 e. The molecule has 0 unspecified atom stereocenters. The van der Waals surface area contributed by atoms with Gasteiger partial charge in [-0.25, -0.2) is 0 Å². The molecule has 1 amide bonds. The van der Waals surface area contributed by atoms with Gasteiger partial charge in [0.25, 0.3) is 0 Å². The van der Waals surface area contributed by atoms with Crippen molar-refractivity contribution in [3.05, 3.63) is 46.4 Å². The van der Waals surface area contributed by atoms with Gasteiger partial charge in [0.2, 0.25) is 12.7 Å². The highest BCUT2D eigenvalue weighted by molar-refractivity contribution is 6.36. The van der Waals surface area contributed by atoms with Crippen LogP contribution in [0.15, 0.2) is 36.4 Å². The molecule has 0 bridgehead atoms. The van der Waals surface area contributed by atoms with Crippen molar-refractivity contribution in [3.8, 4) is 11.5 Å². The maximum atomic E-state index is 12.3. The first-order valence-corrected chi connectivity index (χ1v) is 7.70. The molecule has 120 valence electrons. The summed E-state index contributed by atoms with van der Waals surface area (Å²) in [5.41, 5.74) is 1.28. The van der Waals surface area contributed by atoms with Crippen molar-refractivity contribution < 1.29 is 14.3 Å². The van der Waals surface area contributed by atoms with Gasteiger partial charge < -0.3 is 20.1 Å². The molecule has 0 fully saturated rings. The van der Waals surface area contributed by atoms with Crippen molar-refractivity contribution >= 4 is 40.5 Å². The van der Waals surface area contributed by atoms with E-state index in [1.807, 2.05) is 6.07 Å². The van der Waals surface area contributed by atoms with Crippen LogP contribution in [-0.4, -0.2) is 18.7 Å². The fourth-order valence-electron chi connectivity index (χ4n) is 2.13. The molecule has 2 aromatic rings. The van der Waals surface area contributed by atoms with Crippen molar-refractivity contribution in [1.29, 1.82) is 0 Å². The zero-order chi connectivity index (χ0) is 16.4. The molecule has 2 N–H and O–H groups in total. The number of hydrogen-bond donors (Lipinski definition) is 2. The van der Waals surface area contributed by atoms with Crippen LogP contribution in [0, 0.1) is 0 Å². The highest BCUT2D eigenvalue weighted by Gasteiger charge is 2.17. The fourth-order valence-corrected chi connectivity index (χ4v) is 2.59. The Labute approximate surface area is 143 Å². The molecule has 1 atom stereocenters. The molecule has 0 spiro atoms. The SMILES string of the molecule is C[C@H](Nc1ccc2c(c1)OCO2)C(=O)Nc1ccc(Cl)cc1Cl. The molecule has 5 nitrogen and oxygen atoms in total. The van der Waals surface area contributed by atoms with Crippen LogP contribution in [0.4, 0.5) is 11.4 Å². The predicted molar refractivity (Wildman–Crippen MR) is 90.7 cm³/mol. The van der Waals surface area contributed by atoms with Gasteiger partial charge in [-0.15, -0.1) is 0 Å². The average molecular weight is 353 g/mol. The summed E-state index contributed by atoms with van der Waals surface area (Å²) in [5, 5.41) is 6.77. The average Bonchev–Trinajstić information content (AvgIpc) is 2.97. The highest BCUT2D eigenvalue weighted by atomic mass is 35.5. The molecule has 0 saturated heterocycles. The lowest BCUT2D eigenvalue weighted by molar-refractivity contribution is -0.116. The summed E-state index contributed by atoms with van der Waals surface area (Å²) in [6, 6.07) is 9.85. The normalized spacial score (nSPS) is 13.5. The lowest BCUT2D eigenvalue weighted by Gasteiger charge is -2.16. The van der Waals surface area contributed by atoms with Crippen molar-refractivity contribution in [1.82, 2.24) is 0 Å². The van der Waals surface area contributed by atoms with Gasteiger partial charge >= 0.3 is 0 Å². The lowest BCUT2D eigenvalue weighted by atomic mass is 10.2. The highest BCUT2D eigenvalue weighted by Crippen LogP contribution is 2.34. The van der Waals surface area contributed by atoms with Gasteiger partial charge in [-0.05, 0) is 37.3 Å². The third kappa shape index (κ3) is 3.63. The predicted octanol–water partition coefficient (Wildman–Crippen LogP) is 4.16. The van der Waals surface area contributed by atoms with Crippen molar-refractivity contribution in [2.75, 3.05) is 17.4 Å².